The molecule has 2 fully saturated rings. The number of carbonyl (C=O) groups is 1. The molecule has 1 aliphatic carbocycles. The number of aliphatic hydroxyl groups excluding tert-OH is 1. The first-order valence-electron chi connectivity index (χ1n) is 17.6. The molecule has 242 valence electrons. The minimum absolute atomic E-state index is 0.0241. The van der Waals surface area contributed by atoms with Crippen LogP contribution in [0.4, 0.5) is 0 Å². The molecule has 1 unspecified atom stereocenters. The zero-order chi connectivity index (χ0) is 31.5. The summed E-state index contributed by atoms with van der Waals surface area (Å²) in [7, 11) is 1.53. The fourth-order valence-corrected chi connectivity index (χ4v) is 9.73. The average Bonchev–Trinajstić information content (AvgIpc) is 3.63. The van der Waals surface area contributed by atoms with Gasteiger partial charge in [-0.15, -0.1) is 0 Å². The molecule has 0 spiro atoms. The van der Waals surface area contributed by atoms with Gasteiger partial charge in [0.25, 0.3) is 0 Å². The molecule has 8 atom stereocenters. The smallest absolute Gasteiger partial charge is 0.310 e. The molecule has 4 N–H and O–H groups in total. The minimum Gasteiger partial charge on any atom is -0.469 e. The van der Waals surface area contributed by atoms with E-state index >= 15 is 0 Å². The van der Waals surface area contributed by atoms with Crippen molar-refractivity contribution in [3.05, 3.63) is 82.2 Å². The van der Waals surface area contributed by atoms with Crippen molar-refractivity contribution in [3.63, 3.8) is 0 Å². The fourth-order valence-electron chi connectivity index (χ4n) is 9.73. The zero-order valence-electron chi connectivity index (χ0n) is 27.4. The number of hydrogen-bond donors (Lipinski definition) is 4. The molecule has 8 rings (SSSR count). The van der Waals surface area contributed by atoms with E-state index < -0.39 is 0 Å². The molecular formula is C39H48N4O3. The fraction of sp³-hybridized carbons (Fsp3) is 0.513. The summed E-state index contributed by atoms with van der Waals surface area (Å²) in [5, 5.41) is 17.4. The minimum atomic E-state index is -0.232. The number of aromatic amines is 2. The van der Waals surface area contributed by atoms with Crippen molar-refractivity contribution in [1.82, 2.24) is 20.2 Å². The first-order chi connectivity index (χ1) is 22.5. The van der Waals surface area contributed by atoms with Gasteiger partial charge in [-0.1, -0.05) is 48.9 Å². The summed E-state index contributed by atoms with van der Waals surface area (Å²) in [4.78, 5) is 23.8. The molecular weight excluding hydrogens is 572 g/mol. The molecule has 4 bridgehead atoms. The van der Waals surface area contributed by atoms with Crippen LogP contribution in [0.3, 0.4) is 0 Å². The monoisotopic (exact) mass is 620 g/mol. The summed E-state index contributed by atoms with van der Waals surface area (Å²) < 4.78 is 5.45. The SMILES string of the molecule is C/C=C1/CN[C@H]2Cc3c([nH]c4ccccc34)[C@@H](c3ccc4c5c([nH]c4c3)CC[C@@H]3CN(CC5)C[C@H](CC)[C@@H]3O)C[C@@H]1[C@@H]2C(=O)OC. The van der Waals surface area contributed by atoms with Crippen LogP contribution in [0.15, 0.2) is 54.1 Å². The lowest BCUT2D eigenvalue weighted by atomic mass is 9.68. The van der Waals surface area contributed by atoms with E-state index in [2.05, 4.69) is 82.6 Å². The van der Waals surface area contributed by atoms with E-state index in [1.807, 2.05) is 0 Å². The van der Waals surface area contributed by atoms with Crippen LogP contribution in [0, 0.1) is 23.7 Å². The second-order valence-electron chi connectivity index (χ2n) is 14.4. The number of piperidine rings is 2. The van der Waals surface area contributed by atoms with Gasteiger partial charge in [0, 0.05) is 71.3 Å². The van der Waals surface area contributed by atoms with Gasteiger partial charge in [0.15, 0.2) is 0 Å². The Hall–Kier alpha value is -3.39. The molecule has 5 heterocycles. The van der Waals surface area contributed by atoms with E-state index in [4.69, 9.17) is 4.74 Å². The van der Waals surface area contributed by atoms with Crippen LogP contribution in [0.1, 0.15) is 67.1 Å². The number of aromatic nitrogens is 2. The molecule has 0 radical (unpaired) electrons. The molecule has 4 aliphatic rings. The highest BCUT2D eigenvalue weighted by molar-refractivity contribution is 5.87. The summed E-state index contributed by atoms with van der Waals surface area (Å²) in [6.45, 7) is 8.18. The lowest BCUT2D eigenvalue weighted by molar-refractivity contribution is -0.149. The van der Waals surface area contributed by atoms with Gasteiger partial charge in [-0.3, -0.25) is 4.79 Å². The third kappa shape index (κ3) is 4.94. The number of esters is 1. The molecule has 0 saturated carbocycles. The summed E-state index contributed by atoms with van der Waals surface area (Å²) in [6.07, 6.45) is 7.69. The number of allylic oxidation sites excluding steroid dienone is 1. The maximum atomic E-state index is 13.4. The first kappa shape index (κ1) is 30.0. The van der Waals surface area contributed by atoms with Gasteiger partial charge in [-0.25, -0.2) is 0 Å². The highest BCUT2D eigenvalue weighted by atomic mass is 16.5. The van der Waals surface area contributed by atoms with Crippen molar-refractivity contribution in [2.75, 3.05) is 33.3 Å². The predicted octanol–water partition coefficient (Wildman–Crippen LogP) is 5.86. The number of aryl methyl sites for hydroxylation is 1. The van der Waals surface area contributed by atoms with Crippen molar-refractivity contribution in [2.24, 2.45) is 23.7 Å². The van der Waals surface area contributed by atoms with E-state index in [0.29, 0.717) is 11.8 Å². The molecule has 7 heteroatoms. The second-order valence-corrected chi connectivity index (χ2v) is 14.4. The largest absolute Gasteiger partial charge is 0.469 e. The molecule has 7 nitrogen and oxygen atoms in total. The third-order valence-corrected chi connectivity index (χ3v) is 12.2. The summed E-state index contributed by atoms with van der Waals surface area (Å²) in [6, 6.07) is 15.7. The Balaban J connectivity index is 1.22. The average molecular weight is 621 g/mol. The quantitative estimate of drug-likeness (QED) is 0.170. The molecule has 3 aliphatic heterocycles. The lowest BCUT2D eigenvalue weighted by Gasteiger charge is -2.42. The van der Waals surface area contributed by atoms with E-state index in [9.17, 15) is 9.90 Å². The molecule has 0 amide bonds. The van der Waals surface area contributed by atoms with Crippen LogP contribution in [-0.2, 0) is 28.8 Å². The van der Waals surface area contributed by atoms with Crippen LogP contribution in [0.2, 0.25) is 0 Å². The number of H-pyrrole nitrogens is 2. The summed E-state index contributed by atoms with van der Waals surface area (Å²) >= 11 is 0. The van der Waals surface area contributed by atoms with Gasteiger partial charge in [0.1, 0.15) is 0 Å². The Bertz CT molecular complexity index is 1800. The number of methoxy groups -OCH3 is 1. The van der Waals surface area contributed by atoms with Crippen LogP contribution in [0.5, 0.6) is 0 Å². The highest BCUT2D eigenvalue weighted by Gasteiger charge is 2.45. The number of para-hydroxylation sites is 1. The molecule has 4 aromatic rings. The number of fused-ring (bicyclic) bond motifs is 10. The van der Waals surface area contributed by atoms with Crippen LogP contribution in [-0.4, -0.2) is 71.4 Å². The molecule has 46 heavy (non-hydrogen) atoms. The van der Waals surface area contributed by atoms with Crippen molar-refractivity contribution in [3.8, 4) is 0 Å². The first-order valence-corrected chi connectivity index (χ1v) is 17.6. The van der Waals surface area contributed by atoms with Gasteiger partial charge >= 0.3 is 5.97 Å². The van der Waals surface area contributed by atoms with Crippen molar-refractivity contribution < 1.29 is 14.6 Å². The van der Waals surface area contributed by atoms with Gasteiger partial charge in [0.2, 0.25) is 0 Å². The van der Waals surface area contributed by atoms with E-state index in [-0.39, 0.29) is 35.9 Å². The number of benzene rings is 2. The molecule has 2 aromatic carbocycles. The molecule has 2 saturated heterocycles. The summed E-state index contributed by atoms with van der Waals surface area (Å²) in [5.74, 6) is 0.575. The Kier molecular flexibility index (Phi) is 7.82. The van der Waals surface area contributed by atoms with Crippen molar-refractivity contribution >= 4 is 27.8 Å². The van der Waals surface area contributed by atoms with Crippen molar-refractivity contribution in [2.45, 2.75) is 70.4 Å². The predicted molar refractivity (Wildman–Crippen MR) is 183 cm³/mol. The number of rotatable bonds is 3. The third-order valence-electron chi connectivity index (χ3n) is 12.2. The Morgan fingerprint density at radius 1 is 1.07 bits per heavy atom. The summed E-state index contributed by atoms with van der Waals surface area (Å²) in [5.41, 5.74) is 10.3. The maximum Gasteiger partial charge on any atom is 0.310 e. The normalized spacial score (nSPS) is 32.1. The lowest BCUT2D eigenvalue weighted by Crippen LogP contribution is -2.53. The van der Waals surface area contributed by atoms with Crippen molar-refractivity contribution in [1.29, 1.82) is 0 Å². The zero-order valence-corrected chi connectivity index (χ0v) is 27.4. The Morgan fingerprint density at radius 2 is 1.91 bits per heavy atom. The standard InChI is InChI=1S/C39H48N4O3/c1-4-22-19-40-35-18-31-26-8-6-7-9-32(26)42-37(31)30(17-29(22)36(35)39(45)46-3)24-10-12-27-28-14-15-43-20-23(5-2)38(44)25(21-43)11-13-33(28)41-34(27)16-24/h4,6-10,12,16,23,25,29-30,35-36,38,40-42,44H,5,11,13-15,17-21H2,1-3H3/b22-4-/t23-,25+,29-,30+,35-,36-,38-/m0/s1. The Morgan fingerprint density at radius 3 is 2.74 bits per heavy atom. The van der Waals surface area contributed by atoms with Crippen LogP contribution in [0.25, 0.3) is 21.8 Å². The van der Waals surface area contributed by atoms with Crippen LogP contribution < -0.4 is 5.32 Å². The number of ether oxygens (including phenoxy) is 1. The topological polar surface area (TPSA) is 93.4 Å². The maximum absolute atomic E-state index is 13.4. The van der Waals surface area contributed by atoms with E-state index in [1.165, 1.54) is 57.1 Å². The highest BCUT2D eigenvalue weighted by Crippen LogP contribution is 2.46. The second kappa shape index (κ2) is 12.0. The van der Waals surface area contributed by atoms with Gasteiger partial charge in [-0.2, -0.15) is 0 Å². The number of nitrogens with one attached hydrogen (secondary N) is 3. The number of hydrogen-bond acceptors (Lipinski definition) is 5. The Labute approximate surface area is 271 Å². The molecule has 2 aromatic heterocycles. The van der Waals surface area contributed by atoms with E-state index in [1.54, 1.807) is 0 Å². The van der Waals surface area contributed by atoms with E-state index in [0.717, 1.165) is 70.2 Å². The number of carbonyl (C=O) groups excluding carboxylic acids is 1. The number of nitrogens with zero attached hydrogens (tertiary/aromatic N) is 1. The van der Waals surface area contributed by atoms with Gasteiger partial charge < -0.3 is 30.0 Å². The van der Waals surface area contributed by atoms with Gasteiger partial charge in [-0.05, 0) is 92.0 Å². The number of aliphatic hydroxyl groups is 1. The van der Waals surface area contributed by atoms with Crippen LogP contribution >= 0.6 is 0 Å². The van der Waals surface area contributed by atoms with Gasteiger partial charge in [0.05, 0.1) is 19.1 Å².